The molecule has 0 aliphatic carbocycles. The minimum atomic E-state index is -0.423. The number of rotatable bonds is 3. The molecule has 1 aromatic heterocycles. The van der Waals surface area contributed by atoms with Crippen LogP contribution in [0.25, 0.3) is 0 Å². The molecule has 8 nitrogen and oxygen atoms in total. The van der Waals surface area contributed by atoms with Gasteiger partial charge < -0.3 is 9.42 Å². The largest absolute Gasteiger partial charge is 0.339 e. The molecule has 0 atom stereocenters. The van der Waals surface area contributed by atoms with Gasteiger partial charge in [0.05, 0.1) is 17.0 Å². The van der Waals surface area contributed by atoms with Crippen LogP contribution >= 0.6 is 0 Å². The number of fused-ring (bicyclic) bond motifs is 1. The van der Waals surface area contributed by atoms with E-state index in [1.807, 2.05) is 0 Å². The van der Waals surface area contributed by atoms with Gasteiger partial charge in [0.2, 0.25) is 11.8 Å². The molecule has 1 saturated heterocycles. The van der Waals surface area contributed by atoms with E-state index in [0.717, 1.165) is 4.90 Å². The first kappa shape index (κ1) is 14.6. The van der Waals surface area contributed by atoms with Gasteiger partial charge in [-0.25, -0.2) is 0 Å². The highest BCUT2D eigenvalue weighted by Gasteiger charge is 2.40. The molecule has 0 unspecified atom stereocenters. The van der Waals surface area contributed by atoms with Crippen molar-refractivity contribution in [3.8, 4) is 0 Å². The molecule has 1 aromatic carbocycles. The summed E-state index contributed by atoms with van der Waals surface area (Å²) in [4.78, 5) is 43.6. The van der Waals surface area contributed by atoms with Crippen LogP contribution in [0.5, 0.6) is 0 Å². The van der Waals surface area contributed by atoms with Crippen LogP contribution in [0.1, 0.15) is 38.3 Å². The summed E-state index contributed by atoms with van der Waals surface area (Å²) in [6, 6.07) is 6.58. The second-order valence-corrected chi connectivity index (χ2v) is 5.92. The van der Waals surface area contributed by atoms with E-state index in [1.54, 1.807) is 36.1 Å². The average Bonchev–Trinajstić information content (AvgIpc) is 3.04. The van der Waals surface area contributed by atoms with Crippen LogP contribution in [0.4, 0.5) is 0 Å². The Labute approximate surface area is 137 Å². The standard InChI is InChI=1S/C16H14N4O4/c1-9-17-14(24-18-9)10-6-19(7-10)13(21)8-20-15(22)11-4-2-3-5-12(11)16(20)23/h2-5,10H,6-8H2,1H3. The summed E-state index contributed by atoms with van der Waals surface area (Å²) in [6.45, 7) is 2.38. The van der Waals surface area contributed by atoms with Gasteiger partial charge in [0.25, 0.3) is 11.8 Å². The molecule has 2 aliphatic rings. The number of aryl methyl sites for hydroxylation is 1. The lowest BCUT2D eigenvalue weighted by atomic mass is 10.00. The zero-order valence-corrected chi connectivity index (χ0v) is 12.9. The van der Waals surface area contributed by atoms with Gasteiger partial charge in [-0.05, 0) is 19.1 Å². The van der Waals surface area contributed by atoms with Gasteiger partial charge in [-0.1, -0.05) is 17.3 Å². The van der Waals surface area contributed by atoms with Crippen LogP contribution in [0, 0.1) is 6.92 Å². The van der Waals surface area contributed by atoms with Crippen molar-refractivity contribution in [3.05, 3.63) is 47.1 Å². The van der Waals surface area contributed by atoms with E-state index >= 15 is 0 Å². The van der Waals surface area contributed by atoms with Crippen LogP contribution in [-0.4, -0.2) is 57.3 Å². The van der Waals surface area contributed by atoms with E-state index < -0.39 is 11.8 Å². The Morgan fingerprint density at radius 3 is 2.38 bits per heavy atom. The van der Waals surface area contributed by atoms with E-state index in [1.165, 1.54) is 0 Å². The summed E-state index contributed by atoms with van der Waals surface area (Å²) < 4.78 is 5.09. The minimum absolute atomic E-state index is 0.0114. The van der Waals surface area contributed by atoms with Crippen molar-refractivity contribution in [2.75, 3.05) is 19.6 Å². The quantitative estimate of drug-likeness (QED) is 0.766. The summed E-state index contributed by atoms with van der Waals surface area (Å²) >= 11 is 0. The van der Waals surface area contributed by atoms with E-state index in [2.05, 4.69) is 10.1 Å². The maximum atomic E-state index is 12.3. The molecule has 0 N–H and O–H groups in total. The van der Waals surface area contributed by atoms with Gasteiger partial charge in [-0.15, -0.1) is 0 Å². The summed E-state index contributed by atoms with van der Waals surface area (Å²) in [6.07, 6.45) is 0. The van der Waals surface area contributed by atoms with E-state index in [0.29, 0.717) is 35.9 Å². The summed E-state index contributed by atoms with van der Waals surface area (Å²) in [5.74, 6) is -0.0329. The molecule has 24 heavy (non-hydrogen) atoms. The second-order valence-electron chi connectivity index (χ2n) is 5.92. The Morgan fingerprint density at radius 2 is 1.83 bits per heavy atom. The first-order chi connectivity index (χ1) is 11.5. The number of hydrogen-bond acceptors (Lipinski definition) is 6. The number of amides is 3. The monoisotopic (exact) mass is 326 g/mol. The number of carbonyl (C=O) groups is 3. The lowest BCUT2D eigenvalue weighted by Gasteiger charge is -2.37. The van der Waals surface area contributed by atoms with Crippen molar-refractivity contribution >= 4 is 17.7 Å². The van der Waals surface area contributed by atoms with Crippen LogP contribution in [-0.2, 0) is 4.79 Å². The molecule has 0 radical (unpaired) electrons. The summed E-state index contributed by atoms with van der Waals surface area (Å²) in [7, 11) is 0. The number of carbonyl (C=O) groups excluding carboxylic acids is 3. The third kappa shape index (κ3) is 2.18. The number of aromatic nitrogens is 2. The molecule has 0 saturated carbocycles. The van der Waals surface area contributed by atoms with Crippen LogP contribution in [0.2, 0.25) is 0 Å². The predicted molar refractivity (Wildman–Crippen MR) is 80.2 cm³/mol. The molecule has 122 valence electrons. The molecular formula is C16H14N4O4. The highest BCUT2D eigenvalue weighted by molar-refractivity contribution is 6.22. The number of benzene rings is 1. The van der Waals surface area contributed by atoms with Crippen molar-refractivity contribution < 1.29 is 18.9 Å². The van der Waals surface area contributed by atoms with Gasteiger partial charge in [0.15, 0.2) is 5.82 Å². The van der Waals surface area contributed by atoms with Gasteiger partial charge in [0.1, 0.15) is 6.54 Å². The molecular weight excluding hydrogens is 312 g/mol. The fourth-order valence-electron chi connectivity index (χ4n) is 2.94. The lowest BCUT2D eigenvalue weighted by molar-refractivity contribution is -0.136. The molecule has 8 heteroatoms. The highest BCUT2D eigenvalue weighted by atomic mass is 16.5. The Kier molecular flexibility index (Phi) is 3.19. The first-order valence-electron chi connectivity index (χ1n) is 7.58. The first-order valence-corrected chi connectivity index (χ1v) is 7.58. The molecule has 0 spiro atoms. The van der Waals surface area contributed by atoms with E-state index in [-0.39, 0.29) is 18.4 Å². The number of likely N-dealkylation sites (tertiary alicyclic amines) is 1. The maximum absolute atomic E-state index is 12.3. The fourth-order valence-corrected chi connectivity index (χ4v) is 2.94. The van der Waals surface area contributed by atoms with Crippen molar-refractivity contribution in [1.29, 1.82) is 0 Å². The summed E-state index contributed by atoms with van der Waals surface area (Å²) in [5.41, 5.74) is 0.691. The Hall–Kier alpha value is -3.03. The average molecular weight is 326 g/mol. The zero-order valence-electron chi connectivity index (χ0n) is 12.9. The second kappa shape index (κ2) is 5.26. The molecule has 3 heterocycles. The van der Waals surface area contributed by atoms with Crippen molar-refractivity contribution in [3.63, 3.8) is 0 Å². The van der Waals surface area contributed by atoms with Gasteiger partial charge in [-0.3, -0.25) is 19.3 Å². The van der Waals surface area contributed by atoms with Gasteiger partial charge in [-0.2, -0.15) is 4.98 Å². The number of nitrogens with zero attached hydrogens (tertiary/aromatic N) is 4. The van der Waals surface area contributed by atoms with Gasteiger partial charge >= 0.3 is 0 Å². The van der Waals surface area contributed by atoms with E-state index in [4.69, 9.17) is 4.52 Å². The van der Waals surface area contributed by atoms with Crippen molar-refractivity contribution in [1.82, 2.24) is 19.9 Å². The smallest absolute Gasteiger partial charge is 0.262 e. The highest BCUT2D eigenvalue weighted by Crippen LogP contribution is 2.27. The van der Waals surface area contributed by atoms with Gasteiger partial charge in [0, 0.05) is 13.1 Å². The Balaban J connectivity index is 1.40. The van der Waals surface area contributed by atoms with Crippen LogP contribution in [0.3, 0.4) is 0 Å². The molecule has 4 rings (SSSR count). The SMILES string of the molecule is Cc1noc(C2CN(C(=O)CN3C(=O)c4ccccc4C3=O)C2)n1. The van der Waals surface area contributed by atoms with Crippen molar-refractivity contribution in [2.24, 2.45) is 0 Å². The maximum Gasteiger partial charge on any atom is 0.262 e. The normalized spacial score (nSPS) is 17.2. The molecule has 0 bridgehead atoms. The Morgan fingerprint density at radius 1 is 1.21 bits per heavy atom. The minimum Gasteiger partial charge on any atom is -0.339 e. The van der Waals surface area contributed by atoms with E-state index in [9.17, 15) is 14.4 Å². The fraction of sp³-hybridized carbons (Fsp3) is 0.312. The third-order valence-electron chi connectivity index (χ3n) is 4.30. The number of hydrogen-bond donors (Lipinski definition) is 0. The molecule has 2 aliphatic heterocycles. The topological polar surface area (TPSA) is 96.6 Å². The zero-order chi connectivity index (χ0) is 16.8. The van der Waals surface area contributed by atoms with Crippen LogP contribution < -0.4 is 0 Å². The molecule has 2 aromatic rings. The summed E-state index contributed by atoms with van der Waals surface area (Å²) in [5, 5.41) is 3.73. The number of imide groups is 1. The third-order valence-corrected chi connectivity index (χ3v) is 4.30. The van der Waals surface area contributed by atoms with Crippen molar-refractivity contribution in [2.45, 2.75) is 12.8 Å². The molecule has 3 amide bonds. The Bertz CT molecular complexity index is 818. The molecule has 1 fully saturated rings. The van der Waals surface area contributed by atoms with Crippen LogP contribution in [0.15, 0.2) is 28.8 Å². The lowest BCUT2D eigenvalue weighted by Crippen LogP contribution is -2.52. The predicted octanol–water partition coefficient (Wildman–Crippen LogP) is 0.600.